The number of likely N-dealkylation sites (tertiary alicyclic amines) is 1. The van der Waals surface area contributed by atoms with E-state index in [1.165, 1.54) is 44.3 Å². The quantitative estimate of drug-likeness (QED) is 0.917. The minimum atomic E-state index is 0.685. The Bertz CT molecular complexity index is 420. The van der Waals surface area contributed by atoms with Gasteiger partial charge in [-0.25, -0.2) is 0 Å². The zero-order valence-electron chi connectivity index (χ0n) is 13.3. The molecule has 2 aliphatic rings. The molecule has 1 aromatic carbocycles. The molecule has 2 saturated heterocycles. The van der Waals surface area contributed by atoms with E-state index in [1.54, 1.807) is 0 Å². The van der Waals surface area contributed by atoms with Crippen LogP contribution in [0.5, 0.6) is 0 Å². The third kappa shape index (κ3) is 4.06. The molecule has 0 spiro atoms. The van der Waals surface area contributed by atoms with Crippen molar-refractivity contribution >= 4 is 0 Å². The highest BCUT2D eigenvalue weighted by Crippen LogP contribution is 2.22. The lowest BCUT2D eigenvalue weighted by molar-refractivity contribution is 0.0936. The van der Waals surface area contributed by atoms with Crippen LogP contribution in [0.25, 0.3) is 0 Å². The zero-order chi connectivity index (χ0) is 14.5. The number of nitrogens with zero attached hydrogens (tertiary/aromatic N) is 2. The summed E-state index contributed by atoms with van der Waals surface area (Å²) in [6, 6.07) is 12.4. The van der Waals surface area contributed by atoms with Crippen molar-refractivity contribution in [3.63, 3.8) is 0 Å². The van der Waals surface area contributed by atoms with Gasteiger partial charge in [0, 0.05) is 38.3 Å². The molecule has 2 aliphatic heterocycles. The van der Waals surface area contributed by atoms with Crippen LogP contribution in [0.15, 0.2) is 30.3 Å². The summed E-state index contributed by atoms with van der Waals surface area (Å²) in [5.74, 6) is 0. The smallest absolute Gasteiger partial charge is 0.0239 e. The summed E-state index contributed by atoms with van der Waals surface area (Å²) in [6.45, 7) is 5.84. The van der Waals surface area contributed by atoms with E-state index < -0.39 is 0 Å². The van der Waals surface area contributed by atoms with Crippen molar-refractivity contribution < 1.29 is 0 Å². The molecule has 0 radical (unpaired) electrons. The highest BCUT2D eigenvalue weighted by Gasteiger charge is 2.28. The molecule has 3 rings (SSSR count). The van der Waals surface area contributed by atoms with E-state index in [0.29, 0.717) is 6.04 Å². The van der Waals surface area contributed by atoms with Gasteiger partial charge in [-0.3, -0.25) is 4.90 Å². The highest BCUT2D eigenvalue weighted by atomic mass is 15.2. The van der Waals surface area contributed by atoms with Crippen molar-refractivity contribution in [2.24, 2.45) is 0 Å². The normalized spacial score (nSPS) is 28.6. The molecular weight excluding hydrogens is 258 g/mol. The zero-order valence-corrected chi connectivity index (χ0v) is 13.3. The van der Waals surface area contributed by atoms with Gasteiger partial charge in [0.1, 0.15) is 0 Å². The number of benzene rings is 1. The van der Waals surface area contributed by atoms with Crippen molar-refractivity contribution in [2.45, 2.75) is 44.3 Å². The minimum absolute atomic E-state index is 0.685. The lowest BCUT2D eigenvalue weighted by atomic mass is 9.94. The molecule has 2 heterocycles. The largest absolute Gasteiger partial charge is 0.314 e. The monoisotopic (exact) mass is 287 g/mol. The molecule has 2 atom stereocenters. The topological polar surface area (TPSA) is 18.5 Å². The van der Waals surface area contributed by atoms with E-state index in [-0.39, 0.29) is 0 Å². The SMILES string of the molecule is CN1CCCCC1C[C@H]1CNCCN1Cc1ccccc1. The Hall–Kier alpha value is -0.900. The van der Waals surface area contributed by atoms with Crippen molar-refractivity contribution in [3.8, 4) is 0 Å². The summed E-state index contributed by atoms with van der Waals surface area (Å²) in [5.41, 5.74) is 1.45. The van der Waals surface area contributed by atoms with Crippen LogP contribution >= 0.6 is 0 Å². The van der Waals surface area contributed by atoms with Crippen LogP contribution in [0, 0.1) is 0 Å². The van der Waals surface area contributed by atoms with Crippen LogP contribution in [0.1, 0.15) is 31.2 Å². The lowest BCUT2D eigenvalue weighted by Gasteiger charge is -2.41. The fourth-order valence-corrected chi connectivity index (χ4v) is 3.82. The van der Waals surface area contributed by atoms with Crippen molar-refractivity contribution in [2.75, 3.05) is 33.2 Å². The van der Waals surface area contributed by atoms with Crippen LogP contribution in [0.4, 0.5) is 0 Å². The molecule has 0 aromatic heterocycles. The van der Waals surface area contributed by atoms with Gasteiger partial charge in [-0.15, -0.1) is 0 Å². The van der Waals surface area contributed by atoms with Crippen LogP contribution in [0.3, 0.4) is 0 Å². The Balaban J connectivity index is 1.61. The van der Waals surface area contributed by atoms with E-state index in [1.807, 2.05) is 0 Å². The Morgan fingerprint density at radius 3 is 2.76 bits per heavy atom. The van der Waals surface area contributed by atoms with Gasteiger partial charge in [-0.2, -0.15) is 0 Å². The van der Waals surface area contributed by atoms with Gasteiger partial charge in [0.05, 0.1) is 0 Å². The molecule has 3 heteroatoms. The Morgan fingerprint density at radius 1 is 1.10 bits per heavy atom. The van der Waals surface area contributed by atoms with Gasteiger partial charge >= 0.3 is 0 Å². The minimum Gasteiger partial charge on any atom is -0.314 e. The van der Waals surface area contributed by atoms with Gasteiger partial charge in [0.15, 0.2) is 0 Å². The molecule has 0 saturated carbocycles. The maximum absolute atomic E-state index is 3.59. The molecule has 1 N–H and O–H groups in total. The summed E-state index contributed by atoms with van der Waals surface area (Å²) >= 11 is 0. The number of piperidine rings is 1. The number of hydrogen-bond acceptors (Lipinski definition) is 3. The summed E-state index contributed by atoms with van der Waals surface area (Å²) in [5, 5.41) is 3.59. The predicted molar refractivity (Wildman–Crippen MR) is 88.4 cm³/mol. The fraction of sp³-hybridized carbons (Fsp3) is 0.667. The molecule has 1 aromatic rings. The third-order valence-corrected chi connectivity index (χ3v) is 5.17. The van der Waals surface area contributed by atoms with Crippen LogP contribution in [-0.4, -0.2) is 55.1 Å². The van der Waals surface area contributed by atoms with E-state index in [9.17, 15) is 0 Å². The Labute approximate surface area is 129 Å². The van der Waals surface area contributed by atoms with E-state index in [4.69, 9.17) is 0 Å². The number of hydrogen-bond donors (Lipinski definition) is 1. The first-order valence-electron chi connectivity index (χ1n) is 8.52. The van der Waals surface area contributed by atoms with Gasteiger partial charge in [-0.05, 0) is 38.4 Å². The van der Waals surface area contributed by atoms with Crippen LogP contribution in [-0.2, 0) is 6.54 Å². The van der Waals surface area contributed by atoms with Crippen LogP contribution < -0.4 is 5.32 Å². The second kappa shape index (κ2) is 7.39. The summed E-state index contributed by atoms with van der Waals surface area (Å²) in [6.07, 6.45) is 5.49. The van der Waals surface area contributed by atoms with Crippen molar-refractivity contribution in [3.05, 3.63) is 35.9 Å². The maximum Gasteiger partial charge on any atom is 0.0239 e. The van der Waals surface area contributed by atoms with Crippen LogP contribution in [0.2, 0.25) is 0 Å². The first kappa shape index (κ1) is 15.0. The second-order valence-corrected chi connectivity index (χ2v) is 6.68. The third-order valence-electron chi connectivity index (χ3n) is 5.17. The highest BCUT2D eigenvalue weighted by molar-refractivity contribution is 5.14. The van der Waals surface area contributed by atoms with E-state index >= 15 is 0 Å². The molecule has 0 amide bonds. The summed E-state index contributed by atoms with van der Waals surface area (Å²) < 4.78 is 0. The molecule has 21 heavy (non-hydrogen) atoms. The molecular formula is C18H29N3. The fourth-order valence-electron chi connectivity index (χ4n) is 3.82. The molecule has 3 nitrogen and oxygen atoms in total. The van der Waals surface area contributed by atoms with Crippen molar-refractivity contribution in [1.82, 2.24) is 15.1 Å². The maximum atomic E-state index is 3.59. The van der Waals surface area contributed by atoms with Gasteiger partial charge in [-0.1, -0.05) is 36.8 Å². The van der Waals surface area contributed by atoms with E-state index in [2.05, 4.69) is 52.5 Å². The Kier molecular flexibility index (Phi) is 5.28. The van der Waals surface area contributed by atoms with Crippen molar-refractivity contribution in [1.29, 1.82) is 0 Å². The Morgan fingerprint density at radius 2 is 1.95 bits per heavy atom. The van der Waals surface area contributed by atoms with Gasteiger partial charge in [0.25, 0.3) is 0 Å². The molecule has 0 bridgehead atoms. The van der Waals surface area contributed by atoms with Gasteiger partial charge in [0.2, 0.25) is 0 Å². The predicted octanol–water partition coefficient (Wildman–Crippen LogP) is 2.33. The molecule has 1 unspecified atom stereocenters. The number of piperazine rings is 1. The molecule has 0 aliphatic carbocycles. The first-order valence-corrected chi connectivity index (χ1v) is 8.52. The molecule has 116 valence electrons. The number of nitrogens with one attached hydrogen (secondary N) is 1. The molecule has 2 fully saturated rings. The average molecular weight is 287 g/mol. The van der Waals surface area contributed by atoms with Gasteiger partial charge < -0.3 is 10.2 Å². The standard InChI is InChI=1S/C18H29N3/c1-20-11-6-5-9-17(20)13-18-14-19-10-12-21(18)15-16-7-3-2-4-8-16/h2-4,7-8,17-19H,5-6,9-15H2,1H3/t17?,18-/m0/s1. The average Bonchev–Trinajstić information content (AvgIpc) is 2.52. The summed E-state index contributed by atoms with van der Waals surface area (Å²) in [4.78, 5) is 5.27. The number of rotatable bonds is 4. The second-order valence-electron chi connectivity index (χ2n) is 6.68. The summed E-state index contributed by atoms with van der Waals surface area (Å²) in [7, 11) is 2.31. The lowest BCUT2D eigenvalue weighted by Crippen LogP contribution is -2.53. The van der Waals surface area contributed by atoms with E-state index in [0.717, 1.165) is 25.7 Å². The first-order chi connectivity index (χ1) is 10.3.